The molecule has 0 aromatic heterocycles. The summed E-state index contributed by atoms with van der Waals surface area (Å²) in [5.74, 6) is 0. The first-order valence-electron chi connectivity index (χ1n) is 5.38. The maximum Gasteiger partial charge on any atom is 0.269 e. The Morgan fingerprint density at radius 2 is 1.50 bits per heavy atom. The molecule has 2 rings (SSSR count). The maximum absolute atomic E-state index is 10.5. The van der Waals surface area contributed by atoms with Crippen LogP contribution in [0.4, 0.5) is 22.7 Å². The summed E-state index contributed by atoms with van der Waals surface area (Å²) >= 11 is 6.63. The summed E-state index contributed by atoms with van der Waals surface area (Å²) in [5.41, 5.74) is 7.51. The van der Waals surface area contributed by atoms with Crippen molar-refractivity contribution in [3.8, 4) is 0 Å². The highest BCUT2D eigenvalue weighted by Gasteiger charge is 2.05. The first-order valence-corrected chi connectivity index (χ1v) is 6.96. The summed E-state index contributed by atoms with van der Waals surface area (Å²) in [6.07, 6.45) is 0. The molecule has 0 saturated heterocycles. The Morgan fingerprint density at radius 3 is 2.00 bits per heavy atom. The summed E-state index contributed by atoms with van der Waals surface area (Å²) < 4.78 is 1.43. The first-order chi connectivity index (χ1) is 9.47. The minimum Gasteiger partial charge on any atom is -0.397 e. The Morgan fingerprint density at radius 1 is 1.00 bits per heavy atom. The van der Waals surface area contributed by atoms with Crippen LogP contribution in [0, 0.1) is 10.1 Å². The van der Waals surface area contributed by atoms with Gasteiger partial charge in [-0.2, -0.15) is 10.2 Å². The van der Waals surface area contributed by atoms with Crippen LogP contribution < -0.4 is 5.73 Å². The molecule has 8 heteroatoms. The number of non-ortho nitro benzene ring substituents is 1. The quantitative estimate of drug-likeness (QED) is 0.336. The van der Waals surface area contributed by atoms with Crippen LogP contribution >= 0.6 is 31.9 Å². The lowest BCUT2D eigenvalue weighted by atomic mass is 10.3. The van der Waals surface area contributed by atoms with Crippen molar-refractivity contribution < 1.29 is 4.92 Å². The van der Waals surface area contributed by atoms with Crippen LogP contribution in [0.5, 0.6) is 0 Å². The van der Waals surface area contributed by atoms with Gasteiger partial charge in [-0.25, -0.2) is 0 Å². The molecule has 0 spiro atoms. The van der Waals surface area contributed by atoms with Gasteiger partial charge in [-0.1, -0.05) is 0 Å². The lowest BCUT2D eigenvalue weighted by Crippen LogP contribution is -1.87. The van der Waals surface area contributed by atoms with E-state index in [2.05, 4.69) is 42.1 Å². The highest BCUT2D eigenvalue weighted by molar-refractivity contribution is 9.11. The maximum atomic E-state index is 10.5. The van der Waals surface area contributed by atoms with Crippen molar-refractivity contribution in [2.75, 3.05) is 5.73 Å². The number of rotatable bonds is 3. The third kappa shape index (κ3) is 3.40. The molecule has 0 aliphatic heterocycles. The lowest BCUT2D eigenvalue weighted by Gasteiger charge is -2.02. The zero-order chi connectivity index (χ0) is 14.7. The minimum absolute atomic E-state index is 0.0157. The highest BCUT2D eigenvalue weighted by Crippen LogP contribution is 2.33. The number of nitro groups is 1. The lowest BCUT2D eigenvalue weighted by molar-refractivity contribution is -0.384. The van der Waals surface area contributed by atoms with Gasteiger partial charge in [0.2, 0.25) is 0 Å². The third-order valence-corrected chi connectivity index (χ3v) is 3.72. The first kappa shape index (κ1) is 14.6. The molecule has 102 valence electrons. The number of azo groups is 1. The molecule has 0 amide bonds. The summed E-state index contributed by atoms with van der Waals surface area (Å²) in [6.45, 7) is 0. The number of nitrogens with zero attached hydrogens (tertiary/aromatic N) is 3. The van der Waals surface area contributed by atoms with Gasteiger partial charge in [0.05, 0.1) is 22.0 Å². The number of anilines is 1. The molecular weight excluding hydrogens is 392 g/mol. The molecule has 2 aromatic carbocycles. The molecule has 0 atom stereocenters. The van der Waals surface area contributed by atoms with Crippen LogP contribution in [0.3, 0.4) is 0 Å². The second-order valence-electron chi connectivity index (χ2n) is 3.80. The zero-order valence-electron chi connectivity index (χ0n) is 9.96. The molecule has 6 nitrogen and oxygen atoms in total. The van der Waals surface area contributed by atoms with Crippen molar-refractivity contribution in [1.29, 1.82) is 0 Å². The second kappa shape index (κ2) is 6.10. The fourth-order valence-corrected chi connectivity index (χ4v) is 2.55. The van der Waals surface area contributed by atoms with E-state index in [-0.39, 0.29) is 5.69 Å². The van der Waals surface area contributed by atoms with E-state index < -0.39 is 4.92 Å². The van der Waals surface area contributed by atoms with Crippen LogP contribution in [0.2, 0.25) is 0 Å². The van der Waals surface area contributed by atoms with Crippen molar-refractivity contribution in [3.63, 3.8) is 0 Å². The van der Waals surface area contributed by atoms with Gasteiger partial charge in [-0.05, 0) is 56.1 Å². The van der Waals surface area contributed by atoms with E-state index in [1.54, 1.807) is 12.1 Å². The average molecular weight is 400 g/mol. The number of halogens is 2. The van der Waals surface area contributed by atoms with Crippen LogP contribution in [0.25, 0.3) is 0 Å². The normalized spacial score (nSPS) is 10.9. The van der Waals surface area contributed by atoms with E-state index in [4.69, 9.17) is 5.73 Å². The Bertz CT molecular complexity index is 663. The molecule has 2 N–H and O–H groups in total. The zero-order valence-corrected chi connectivity index (χ0v) is 13.1. The van der Waals surface area contributed by atoms with Crippen molar-refractivity contribution in [1.82, 2.24) is 0 Å². The fourth-order valence-electron chi connectivity index (χ4n) is 1.39. The summed E-state index contributed by atoms with van der Waals surface area (Å²) in [4.78, 5) is 10.1. The van der Waals surface area contributed by atoms with Gasteiger partial charge in [0, 0.05) is 21.1 Å². The predicted molar refractivity (Wildman–Crippen MR) is 83.5 cm³/mol. The van der Waals surface area contributed by atoms with E-state index in [1.165, 1.54) is 24.3 Å². The molecule has 0 heterocycles. The van der Waals surface area contributed by atoms with Gasteiger partial charge in [-0.3, -0.25) is 10.1 Å². The van der Waals surface area contributed by atoms with Gasteiger partial charge in [0.25, 0.3) is 5.69 Å². The van der Waals surface area contributed by atoms with Gasteiger partial charge < -0.3 is 5.73 Å². The average Bonchev–Trinajstić information content (AvgIpc) is 2.42. The molecule has 2 aromatic rings. The molecule has 0 fully saturated rings. The van der Waals surface area contributed by atoms with Crippen molar-refractivity contribution >= 4 is 54.6 Å². The Labute approximate surface area is 131 Å². The van der Waals surface area contributed by atoms with E-state index >= 15 is 0 Å². The van der Waals surface area contributed by atoms with Gasteiger partial charge >= 0.3 is 0 Å². The van der Waals surface area contributed by atoms with E-state index in [1.807, 2.05) is 0 Å². The highest BCUT2D eigenvalue weighted by atomic mass is 79.9. The van der Waals surface area contributed by atoms with E-state index in [0.29, 0.717) is 26.0 Å². The van der Waals surface area contributed by atoms with E-state index in [9.17, 15) is 10.1 Å². The summed E-state index contributed by atoms with van der Waals surface area (Å²) in [7, 11) is 0. The molecule has 0 saturated carbocycles. The second-order valence-corrected chi connectivity index (χ2v) is 5.51. The monoisotopic (exact) mass is 398 g/mol. The molecule has 0 unspecified atom stereocenters. The Kier molecular flexibility index (Phi) is 4.46. The SMILES string of the molecule is Nc1c(Br)cc(N=Nc2ccc([N+](=O)[O-])cc2)cc1Br. The largest absolute Gasteiger partial charge is 0.397 e. The van der Waals surface area contributed by atoms with Crippen molar-refractivity contribution in [3.05, 3.63) is 55.5 Å². The molecule has 0 radical (unpaired) electrons. The van der Waals surface area contributed by atoms with Crippen LogP contribution in [0.15, 0.2) is 55.6 Å². The number of hydrogen-bond acceptors (Lipinski definition) is 5. The third-order valence-electron chi connectivity index (χ3n) is 2.41. The van der Waals surface area contributed by atoms with Gasteiger partial charge in [0.1, 0.15) is 0 Å². The molecule has 0 bridgehead atoms. The van der Waals surface area contributed by atoms with Crippen LogP contribution in [0.1, 0.15) is 0 Å². The van der Waals surface area contributed by atoms with Gasteiger partial charge in [0.15, 0.2) is 0 Å². The van der Waals surface area contributed by atoms with Crippen LogP contribution in [-0.4, -0.2) is 4.92 Å². The van der Waals surface area contributed by atoms with Crippen molar-refractivity contribution in [2.45, 2.75) is 0 Å². The number of nitro benzene ring substituents is 1. The Balaban J connectivity index is 2.23. The number of nitrogens with two attached hydrogens (primary N) is 1. The molecule has 0 aliphatic rings. The number of hydrogen-bond donors (Lipinski definition) is 1. The standard InChI is InChI=1S/C12H8Br2N4O2/c13-10-5-8(6-11(14)12(10)15)17-16-7-1-3-9(4-2-7)18(19)20/h1-6H,15H2. The minimum atomic E-state index is -0.463. The summed E-state index contributed by atoms with van der Waals surface area (Å²) in [5, 5.41) is 18.6. The predicted octanol–water partition coefficient (Wildman–Crippen LogP) is 5.12. The molecule has 20 heavy (non-hydrogen) atoms. The Hall–Kier alpha value is -1.80. The van der Waals surface area contributed by atoms with Crippen LogP contribution in [-0.2, 0) is 0 Å². The van der Waals surface area contributed by atoms with Crippen molar-refractivity contribution in [2.24, 2.45) is 10.2 Å². The molecule has 0 aliphatic carbocycles. The van der Waals surface area contributed by atoms with E-state index in [0.717, 1.165) is 0 Å². The fraction of sp³-hybridized carbons (Fsp3) is 0. The van der Waals surface area contributed by atoms with Gasteiger partial charge in [-0.15, -0.1) is 0 Å². The smallest absolute Gasteiger partial charge is 0.269 e. The number of benzene rings is 2. The topological polar surface area (TPSA) is 93.9 Å². The number of nitrogen functional groups attached to an aromatic ring is 1. The molecular formula is C12H8Br2N4O2. The summed E-state index contributed by atoms with van der Waals surface area (Å²) in [6, 6.07) is 9.28.